The number of nitrogens with one attached hydrogen (secondary N) is 1. The van der Waals surface area contributed by atoms with Gasteiger partial charge in [-0.2, -0.15) is 0 Å². The molecule has 0 aliphatic heterocycles. The predicted octanol–water partition coefficient (Wildman–Crippen LogP) is 3.16. The van der Waals surface area contributed by atoms with Crippen LogP contribution < -0.4 is 11.1 Å². The Morgan fingerprint density at radius 3 is 2.55 bits per heavy atom. The summed E-state index contributed by atoms with van der Waals surface area (Å²) in [6, 6.07) is 14.3. The topological polar surface area (TPSA) is 55.1 Å². The van der Waals surface area contributed by atoms with E-state index in [1.807, 2.05) is 12.1 Å². The molecule has 0 fully saturated rings. The minimum absolute atomic E-state index is 0.104. The van der Waals surface area contributed by atoms with Crippen molar-refractivity contribution in [1.29, 1.82) is 0 Å². The Hall–Kier alpha value is -1.91. The summed E-state index contributed by atoms with van der Waals surface area (Å²) >= 11 is 10.7. The molecule has 0 spiro atoms. The Labute approximate surface area is 127 Å². The van der Waals surface area contributed by atoms with Gasteiger partial charge in [-0.3, -0.25) is 4.79 Å². The summed E-state index contributed by atoms with van der Waals surface area (Å²) in [5.74, 6) is -0.104. The molecule has 0 radical (unpaired) electrons. The van der Waals surface area contributed by atoms with Crippen molar-refractivity contribution in [1.82, 2.24) is 0 Å². The van der Waals surface area contributed by atoms with E-state index in [1.54, 1.807) is 36.4 Å². The van der Waals surface area contributed by atoms with Crippen molar-refractivity contribution in [3.8, 4) is 0 Å². The minimum Gasteiger partial charge on any atom is -0.389 e. The molecule has 0 unspecified atom stereocenters. The molecule has 3 N–H and O–H groups in total. The van der Waals surface area contributed by atoms with E-state index < -0.39 is 0 Å². The molecular formula is C15H13ClN2OS. The lowest BCUT2D eigenvalue weighted by Crippen LogP contribution is -2.15. The molecule has 20 heavy (non-hydrogen) atoms. The SMILES string of the molecule is NC(=S)c1cccc(NC(=O)Cc2ccc(Cl)cc2)c1. The molecule has 0 bridgehead atoms. The summed E-state index contributed by atoms with van der Waals surface area (Å²) in [5, 5.41) is 3.46. The van der Waals surface area contributed by atoms with Crippen LogP contribution in [0.15, 0.2) is 48.5 Å². The van der Waals surface area contributed by atoms with Crippen molar-refractivity contribution < 1.29 is 4.79 Å². The van der Waals surface area contributed by atoms with Crippen LogP contribution in [0.5, 0.6) is 0 Å². The van der Waals surface area contributed by atoms with Crippen LogP contribution in [-0.2, 0) is 11.2 Å². The molecule has 0 aliphatic carbocycles. The van der Waals surface area contributed by atoms with Crippen LogP contribution in [0.25, 0.3) is 0 Å². The molecule has 0 aliphatic rings. The van der Waals surface area contributed by atoms with Gasteiger partial charge in [0.25, 0.3) is 0 Å². The first-order chi connectivity index (χ1) is 9.54. The van der Waals surface area contributed by atoms with Gasteiger partial charge >= 0.3 is 0 Å². The van der Waals surface area contributed by atoms with Crippen molar-refractivity contribution in [2.45, 2.75) is 6.42 Å². The fraction of sp³-hybridized carbons (Fsp3) is 0.0667. The van der Waals surface area contributed by atoms with Crippen LogP contribution in [0.3, 0.4) is 0 Å². The van der Waals surface area contributed by atoms with Crippen molar-refractivity contribution in [3.05, 3.63) is 64.7 Å². The molecule has 5 heteroatoms. The van der Waals surface area contributed by atoms with E-state index in [0.717, 1.165) is 11.1 Å². The fourth-order valence-corrected chi connectivity index (χ4v) is 2.00. The van der Waals surface area contributed by atoms with Crippen LogP contribution in [0.4, 0.5) is 5.69 Å². The number of nitrogens with two attached hydrogens (primary N) is 1. The first-order valence-corrected chi connectivity index (χ1v) is 6.77. The van der Waals surface area contributed by atoms with E-state index in [0.29, 0.717) is 15.7 Å². The lowest BCUT2D eigenvalue weighted by Gasteiger charge is -2.07. The minimum atomic E-state index is -0.104. The van der Waals surface area contributed by atoms with E-state index in [2.05, 4.69) is 5.32 Å². The first kappa shape index (κ1) is 14.5. The second-order valence-corrected chi connectivity index (χ2v) is 5.17. The second-order valence-electron chi connectivity index (χ2n) is 4.30. The molecule has 0 saturated carbocycles. The summed E-state index contributed by atoms with van der Waals surface area (Å²) in [6.07, 6.45) is 0.286. The average molecular weight is 305 g/mol. The number of rotatable bonds is 4. The van der Waals surface area contributed by atoms with E-state index in [4.69, 9.17) is 29.6 Å². The number of anilines is 1. The van der Waals surface area contributed by atoms with Gasteiger partial charge in [0.05, 0.1) is 6.42 Å². The Bertz CT molecular complexity index is 641. The number of hydrogen-bond acceptors (Lipinski definition) is 2. The highest BCUT2D eigenvalue weighted by Gasteiger charge is 2.05. The van der Waals surface area contributed by atoms with Crippen molar-refractivity contribution in [2.75, 3.05) is 5.32 Å². The molecule has 2 aromatic carbocycles. The molecule has 2 aromatic rings. The molecule has 0 heterocycles. The van der Waals surface area contributed by atoms with Gasteiger partial charge in [0.15, 0.2) is 0 Å². The van der Waals surface area contributed by atoms with Crippen LogP contribution in [-0.4, -0.2) is 10.9 Å². The Balaban J connectivity index is 2.02. The predicted molar refractivity (Wildman–Crippen MR) is 86.1 cm³/mol. The van der Waals surface area contributed by atoms with Gasteiger partial charge in [-0.05, 0) is 29.8 Å². The molecule has 0 atom stereocenters. The number of thiocarbonyl (C=S) groups is 1. The maximum atomic E-state index is 11.9. The van der Waals surface area contributed by atoms with Crippen molar-refractivity contribution in [3.63, 3.8) is 0 Å². The van der Waals surface area contributed by atoms with Crippen LogP contribution >= 0.6 is 23.8 Å². The summed E-state index contributed by atoms with van der Waals surface area (Å²) < 4.78 is 0. The Kier molecular flexibility index (Phi) is 4.71. The Morgan fingerprint density at radius 2 is 1.90 bits per heavy atom. The first-order valence-electron chi connectivity index (χ1n) is 5.99. The number of carbonyl (C=O) groups is 1. The normalized spacial score (nSPS) is 10.1. The molecule has 102 valence electrons. The zero-order valence-corrected chi connectivity index (χ0v) is 12.2. The number of halogens is 1. The Morgan fingerprint density at radius 1 is 1.20 bits per heavy atom. The van der Waals surface area contributed by atoms with Crippen LogP contribution in [0.1, 0.15) is 11.1 Å². The third-order valence-corrected chi connectivity index (χ3v) is 3.20. The van der Waals surface area contributed by atoms with Gasteiger partial charge in [-0.1, -0.05) is 48.1 Å². The average Bonchev–Trinajstić information content (AvgIpc) is 2.41. The number of benzene rings is 2. The van der Waals surface area contributed by atoms with E-state index in [9.17, 15) is 4.79 Å². The van der Waals surface area contributed by atoms with Gasteiger partial charge < -0.3 is 11.1 Å². The summed E-state index contributed by atoms with van der Waals surface area (Å²) in [5.41, 5.74) is 7.86. The maximum Gasteiger partial charge on any atom is 0.228 e. The molecule has 1 amide bonds. The lowest BCUT2D eigenvalue weighted by atomic mass is 10.1. The third-order valence-electron chi connectivity index (χ3n) is 2.71. The molecule has 0 saturated heterocycles. The highest BCUT2D eigenvalue weighted by molar-refractivity contribution is 7.80. The van der Waals surface area contributed by atoms with Crippen LogP contribution in [0, 0.1) is 0 Å². The van der Waals surface area contributed by atoms with E-state index in [-0.39, 0.29) is 12.3 Å². The highest BCUT2D eigenvalue weighted by atomic mass is 35.5. The van der Waals surface area contributed by atoms with Crippen LogP contribution in [0.2, 0.25) is 5.02 Å². The monoisotopic (exact) mass is 304 g/mol. The number of hydrogen-bond donors (Lipinski definition) is 2. The second kappa shape index (κ2) is 6.50. The van der Waals surface area contributed by atoms with E-state index >= 15 is 0 Å². The zero-order valence-electron chi connectivity index (χ0n) is 10.6. The summed E-state index contributed by atoms with van der Waals surface area (Å²) in [4.78, 5) is 12.2. The number of amides is 1. The molecule has 3 nitrogen and oxygen atoms in total. The summed E-state index contributed by atoms with van der Waals surface area (Å²) in [6.45, 7) is 0. The smallest absolute Gasteiger partial charge is 0.228 e. The molecule has 0 aromatic heterocycles. The molecular weight excluding hydrogens is 292 g/mol. The maximum absolute atomic E-state index is 11.9. The highest BCUT2D eigenvalue weighted by Crippen LogP contribution is 2.13. The van der Waals surface area contributed by atoms with Crippen molar-refractivity contribution in [2.24, 2.45) is 5.73 Å². The van der Waals surface area contributed by atoms with Gasteiger partial charge in [-0.15, -0.1) is 0 Å². The quantitative estimate of drug-likeness (QED) is 0.853. The number of carbonyl (C=O) groups excluding carboxylic acids is 1. The summed E-state index contributed by atoms with van der Waals surface area (Å²) in [7, 11) is 0. The van der Waals surface area contributed by atoms with Gasteiger partial charge in [0, 0.05) is 16.3 Å². The van der Waals surface area contributed by atoms with Crippen molar-refractivity contribution >= 4 is 40.4 Å². The largest absolute Gasteiger partial charge is 0.389 e. The molecule has 2 rings (SSSR count). The van der Waals surface area contributed by atoms with Gasteiger partial charge in [0.2, 0.25) is 5.91 Å². The zero-order chi connectivity index (χ0) is 14.5. The van der Waals surface area contributed by atoms with E-state index in [1.165, 1.54) is 0 Å². The lowest BCUT2D eigenvalue weighted by molar-refractivity contribution is -0.115. The fourth-order valence-electron chi connectivity index (χ4n) is 1.74. The third kappa shape index (κ3) is 4.05. The van der Waals surface area contributed by atoms with Gasteiger partial charge in [0.1, 0.15) is 4.99 Å². The standard InChI is InChI=1S/C15H13ClN2OS/c16-12-6-4-10(5-7-12)8-14(19)18-13-3-1-2-11(9-13)15(17)20/h1-7,9H,8H2,(H2,17,20)(H,18,19). The van der Waals surface area contributed by atoms with Gasteiger partial charge in [-0.25, -0.2) is 0 Å².